The minimum absolute atomic E-state index is 0.105. The molecule has 2 aromatic rings. The van der Waals surface area contributed by atoms with Crippen LogP contribution in [0.5, 0.6) is 5.75 Å². The number of aliphatic hydroxyl groups excluding tert-OH is 1. The predicted molar refractivity (Wildman–Crippen MR) is 139 cm³/mol. The Balaban J connectivity index is 1.42. The third-order valence-corrected chi connectivity index (χ3v) is 6.66. The highest BCUT2D eigenvalue weighted by Crippen LogP contribution is 2.27. The number of hydrogen-bond donors (Lipinski definition) is 4. The van der Waals surface area contributed by atoms with Crippen molar-refractivity contribution in [2.24, 2.45) is 5.73 Å². The summed E-state index contributed by atoms with van der Waals surface area (Å²) < 4.78 is 11.4. The highest BCUT2D eigenvalue weighted by molar-refractivity contribution is 5.96. The minimum atomic E-state index is -0.637. The van der Waals surface area contributed by atoms with Crippen molar-refractivity contribution in [2.75, 3.05) is 50.1 Å². The number of carbonyl (C=O) groups is 1. The first-order valence-electron chi connectivity index (χ1n) is 13.0. The summed E-state index contributed by atoms with van der Waals surface area (Å²) in [5.41, 5.74) is 7.18. The Kier molecular flexibility index (Phi) is 9.32. The maximum Gasteiger partial charge on any atom is 0.271 e. The number of carbonyl (C=O) groups excluding carboxylic acids is 1. The second-order valence-electron chi connectivity index (χ2n) is 9.39. The summed E-state index contributed by atoms with van der Waals surface area (Å²) in [6.45, 7) is 7.10. The number of nitrogens with one attached hydrogen (secondary N) is 2. The summed E-state index contributed by atoms with van der Waals surface area (Å²) >= 11 is 0. The molecule has 196 valence electrons. The zero-order valence-corrected chi connectivity index (χ0v) is 21.0. The molecule has 1 saturated carbocycles. The zero-order chi connectivity index (χ0) is 25.3. The molecule has 1 saturated heterocycles. The van der Waals surface area contributed by atoms with Crippen molar-refractivity contribution in [3.63, 3.8) is 0 Å². The zero-order valence-electron chi connectivity index (χ0n) is 21.0. The van der Waals surface area contributed by atoms with Crippen molar-refractivity contribution in [2.45, 2.75) is 57.6 Å². The molecule has 1 aromatic carbocycles. The van der Waals surface area contributed by atoms with E-state index < -0.39 is 5.91 Å². The summed E-state index contributed by atoms with van der Waals surface area (Å²) in [7, 11) is 0. The van der Waals surface area contributed by atoms with Crippen LogP contribution in [0.1, 0.15) is 55.2 Å². The highest BCUT2D eigenvalue weighted by Gasteiger charge is 2.23. The Labute approximate surface area is 212 Å². The number of nitrogens with two attached hydrogens (primary N) is 1. The minimum Gasteiger partial charge on any atom is -0.493 e. The van der Waals surface area contributed by atoms with Crippen LogP contribution in [-0.4, -0.2) is 77.5 Å². The average molecular weight is 499 g/mol. The SMILES string of the molecule is CCc1nc(C(N)=O)c(Nc2cccc(OCCCN3CCOCC3)c2)nc1N[C@H]1CC[C@H](O)CC1. The van der Waals surface area contributed by atoms with Gasteiger partial charge in [-0.15, -0.1) is 0 Å². The van der Waals surface area contributed by atoms with E-state index in [4.69, 9.17) is 20.2 Å². The van der Waals surface area contributed by atoms with E-state index in [1.807, 2.05) is 31.2 Å². The Bertz CT molecular complexity index is 1010. The Morgan fingerprint density at radius 2 is 1.97 bits per heavy atom. The van der Waals surface area contributed by atoms with E-state index in [-0.39, 0.29) is 17.8 Å². The molecule has 1 aliphatic heterocycles. The molecule has 10 nitrogen and oxygen atoms in total. The molecule has 0 radical (unpaired) electrons. The van der Waals surface area contributed by atoms with E-state index >= 15 is 0 Å². The molecule has 0 spiro atoms. The normalized spacial score (nSPS) is 20.6. The third kappa shape index (κ3) is 7.28. The number of nitrogens with zero attached hydrogens (tertiary/aromatic N) is 3. The standard InChI is InChI=1S/C26H38N6O4/c1-2-22-25(28-18-7-9-20(33)10-8-18)31-26(23(30-22)24(27)34)29-19-5-3-6-21(17-19)36-14-4-11-32-12-15-35-16-13-32/h3,5-6,17-18,20,33H,2,4,7-16H2,1H3,(H2,27,34)(H2,28,29,31)/t18-,20-. The van der Waals surface area contributed by atoms with Gasteiger partial charge in [0.05, 0.1) is 31.6 Å². The Morgan fingerprint density at radius 3 is 2.69 bits per heavy atom. The second-order valence-corrected chi connectivity index (χ2v) is 9.39. The molecule has 1 aliphatic carbocycles. The van der Waals surface area contributed by atoms with Gasteiger partial charge in [0.2, 0.25) is 0 Å². The van der Waals surface area contributed by atoms with Crippen LogP contribution in [0.25, 0.3) is 0 Å². The van der Waals surface area contributed by atoms with Crippen LogP contribution in [0.3, 0.4) is 0 Å². The van der Waals surface area contributed by atoms with Crippen LogP contribution < -0.4 is 21.1 Å². The molecule has 2 aliphatic rings. The molecule has 4 rings (SSSR count). The molecule has 5 N–H and O–H groups in total. The number of amides is 1. The fourth-order valence-corrected chi connectivity index (χ4v) is 4.61. The number of ether oxygens (including phenoxy) is 2. The van der Waals surface area contributed by atoms with Gasteiger partial charge >= 0.3 is 0 Å². The maximum absolute atomic E-state index is 12.2. The Hall–Kier alpha value is -2.95. The van der Waals surface area contributed by atoms with Gasteiger partial charge in [-0.1, -0.05) is 13.0 Å². The number of aryl methyl sites for hydroxylation is 1. The second kappa shape index (κ2) is 12.8. The van der Waals surface area contributed by atoms with E-state index in [0.717, 1.165) is 76.4 Å². The smallest absolute Gasteiger partial charge is 0.271 e. The molecule has 2 heterocycles. The molecule has 0 atom stereocenters. The van der Waals surface area contributed by atoms with Crippen molar-refractivity contribution in [3.05, 3.63) is 35.7 Å². The average Bonchev–Trinajstić information content (AvgIpc) is 2.89. The van der Waals surface area contributed by atoms with Gasteiger partial charge in [-0.25, -0.2) is 9.97 Å². The third-order valence-electron chi connectivity index (χ3n) is 6.66. The van der Waals surface area contributed by atoms with Crippen LogP contribution in [0.2, 0.25) is 0 Å². The molecular weight excluding hydrogens is 460 g/mol. The highest BCUT2D eigenvalue weighted by atomic mass is 16.5. The molecule has 0 unspecified atom stereocenters. The van der Waals surface area contributed by atoms with Crippen LogP contribution in [0, 0.1) is 0 Å². The van der Waals surface area contributed by atoms with Gasteiger partial charge in [0.1, 0.15) is 11.6 Å². The van der Waals surface area contributed by atoms with Gasteiger partial charge < -0.3 is 30.9 Å². The molecule has 1 aromatic heterocycles. The first-order chi connectivity index (χ1) is 17.5. The van der Waals surface area contributed by atoms with Gasteiger partial charge in [0.25, 0.3) is 5.91 Å². The number of anilines is 3. The summed E-state index contributed by atoms with van der Waals surface area (Å²) in [5, 5.41) is 16.5. The summed E-state index contributed by atoms with van der Waals surface area (Å²) in [6.07, 6.45) is 4.55. The van der Waals surface area contributed by atoms with Crippen molar-refractivity contribution >= 4 is 23.2 Å². The van der Waals surface area contributed by atoms with Crippen LogP contribution in [0.4, 0.5) is 17.3 Å². The van der Waals surface area contributed by atoms with Crippen molar-refractivity contribution in [1.29, 1.82) is 0 Å². The number of hydrogen-bond acceptors (Lipinski definition) is 9. The van der Waals surface area contributed by atoms with Gasteiger partial charge in [0, 0.05) is 37.4 Å². The van der Waals surface area contributed by atoms with Crippen molar-refractivity contribution in [3.8, 4) is 5.75 Å². The maximum atomic E-state index is 12.2. The van der Waals surface area contributed by atoms with E-state index in [0.29, 0.717) is 30.4 Å². The topological polar surface area (TPSA) is 135 Å². The first kappa shape index (κ1) is 26.1. The van der Waals surface area contributed by atoms with E-state index in [2.05, 4.69) is 20.5 Å². The Morgan fingerprint density at radius 1 is 1.19 bits per heavy atom. The number of morpholine rings is 1. The van der Waals surface area contributed by atoms with Gasteiger partial charge in [-0.05, 0) is 50.7 Å². The number of aliphatic hydroxyl groups is 1. The van der Waals surface area contributed by atoms with Crippen LogP contribution >= 0.6 is 0 Å². The number of benzene rings is 1. The number of rotatable bonds is 11. The van der Waals surface area contributed by atoms with Crippen LogP contribution in [-0.2, 0) is 11.2 Å². The predicted octanol–water partition coefficient (Wildman–Crippen LogP) is 2.70. The number of primary amides is 1. The van der Waals surface area contributed by atoms with Gasteiger partial charge in [-0.3, -0.25) is 9.69 Å². The number of aromatic nitrogens is 2. The lowest BCUT2D eigenvalue weighted by atomic mass is 9.93. The van der Waals surface area contributed by atoms with E-state index in [1.54, 1.807) is 0 Å². The molecule has 2 fully saturated rings. The summed E-state index contributed by atoms with van der Waals surface area (Å²) in [5.74, 6) is 1.05. The lowest BCUT2D eigenvalue weighted by molar-refractivity contribution is 0.0358. The fraction of sp³-hybridized carbons (Fsp3) is 0.577. The van der Waals surface area contributed by atoms with Crippen molar-refractivity contribution < 1.29 is 19.4 Å². The van der Waals surface area contributed by atoms with Crippen LogP contribution in [0.15, 0.2) is 24.3 Å². The summed E-state index contributed by atoms with van der Waals surface area (Å²) in [4.78, 5) is 23.8. The molecule has 10 heteroatoms. The quantitative estimate of drug-likeness (QED) is 0.345. The van der Waals surface area contributed by atoms with E-state index in [9.17, 15) is 9.90 Å². The molecule has 0 bridgehead atoms. The monoisotopic (exact) mass is 498 g/mol. The first-order valence-corrected chi connectivity index (χ1v) is 13.0. The van der Waals surface area contributed by atoms with Gasteiger partial charge in [0.15, 0.2) is 11.5 Å². The molecular formula is C26H38N6O4. The molecule has 1 amide bonds. The fourth-order valence-electron chi connectivity index (χ4n) is 4.61. The van der Waals surface area contributed by atoms with Gasteiger partial charge in [-0.2, -0.15) is 0 Å². The molecule has 36 heavy (non-hydrogen) atoms. The lowest BCUT2D eigenvalue weighted by Gasteiger charge is -2.27. The largest absolute Gasteiger partial charge is 0.493 e. The lowest BCUT2D eigenvalue weighted by Crippen LogP contribution is -2.37. The van der Waals surface area contributed by atoms with Crippen molar-refractivity contribution in [1.82, 2.24) is 14.9 Å². The summed E-state index contributed by atoms with van der Waals surface area (Å²) in [6, 6.07) is 7.77. The van der Waals surface area contributed by atoms with E-state index in [1.165, 1.54) is 0 Å².